The Morgan fingerprint density at radius 3 is 2.67 bits per heavy atom. The Morgan fingerprint density at radius 1 is 1.28 bits per heavy atom. The van der Waals surface area contributed by atoms with Gasteiger partial charge in [0.1, 0.15) is 0 Å². The lowest BCUT2D eigenvalue weighted by Gasteiger charge is -2.19. The average molecular weight is 280 g/mol. The van der Waals surface area contributed by atoms with E-state index < -0.39 is 0 Å². The largest absolute Gasteiger partial charge is 0.377 e. The highest BCUT2D eigenvalue weighted by molar-refractivity contribution is 7.16. The molecule has 0 aliphatic rings. The number of aryl methyl sites for hydroxylation is 2. The number of benzene rings is 1. The van der Waals surface area contributed by atoms with E-state index in [0.717, 1.165) is 10.8 Å². The van der Waals surface area contributed by atoms with Crippen molar-refractivity contribution in [1.29, 1.82) is 0 Å². The highest BCUT2D eigenvalue weighted by Crippen LogP contribution is 2.31. The molecule has 0 aliphatic carbocycles. The van der Waals surface area contributed by atoms with Crippen LogP contribution in [0.2, 0.25) is 4.34 Å². The third kappa shape index (κ3) is 2.88. The first-order valence-corrected chi connectivity index (χ1v) is 7.41. The zero-order valence-electron chi connectivity index (χ0n) is 11.0. The number of rotatable bonds is 4. The van der Waals surface area contributed by atoms with Crippen LogP contribution in [0.4, 0.5) is 5.69 Å². The molecule has 1 atom stereocenters. The summed E-state index contributed by atoms with van der Waals surface area (Å²) in [5.41, 5.74) is 3.92. The van der Waals surface area contributed by atoms with Gasteiger partial charge in [0.25, 0.3) is 0 Å². The van der Waals surface area contributed by atoms with Crippen molar-refractivity contribution in [2.24, 2.45) is 0 Å². The van der Waals surface area contributed by atoms with Crippen LogP contribution in [0, 0.1) is 6.92 Å². The molecule has 1 unspecified atom stereocenters. The summed E-state index contributed by atoms with van der Waals surface area (Å²) in [5.74, 6) is 0. The molecule has 18 heavy (non-hydrogen) atoms. The Kier molecular flexibility index (Phi) is 4.31. The van der Waals surface area contributed by atoms with E-state index in [-0.39, 0.29) is 6.04 Å². The van der Waals surface area contributed by atoms with Gasteiger partial charge in [-0.15, -0.1) is 11.3 Å². The van der Waals surface area contributed by atoms with Gasteiger partial charge >= 0.3 is 0 Å². The first-order valence-electron chi connectivity index (χ1n) is 6.22. The minimum absolute atomic E-state index is 0.286. The number of halogens is 1. The minimum atomic E-state index is 0.286. The molecule has 1 aromatic heterocycles. The molecule has 0 fully saturated rings. The summed E-state index contributed by atoms with van der Waals surface area (Å²) >= 11 is 7.63. The Labute approximate surface area is 118 Å². The lowest BCUT2D eigenvalue weighted by Crippen LogP contribution is -2.08. The van der Waals surface area contributed by atoms with Gasteiger partial charge in [-0.3, -0.25) is 0 Å². The van der Waals surface area contributed by atoms with E-state index in [9.17, 15) is 0 Å². The van der Waals surface area contributed by atoms with Crippen LogP contribution in [-0.4, -0.2) is 0 Å². The lowest BCUT2D eigenvalue weighted by molar-refractivity contribution is 0.898. The predicted octanol–water partition coefficient (Wildman–Crippen LogP) is 5.45. The molecule has 0 bridgehead atoms. The van der Waals surface area contributed by atoms with Crippen LogP contribution in [0.3, 0.4) is 0 Å². The molecule has 0 radical (unpaired) electrons. The standard InChI is InChI=1S/C15H18ClNS/c1-4-12-7-5-6-10(2)15(12)17-11(3)13-8-9-14(16)18-13/h5-9,11,17H,4H2,1-3H3. The van der Waals surface area contributed by atoms with Gasteiger partial charge in [0.15, 0.2) is 0 Å². The molecular formula is C15H18ClNS. The lowest BCUT2D eigenvalue weighted by atomic mass is 10.0. The average Bonchev–Trinajstić information content (AvgIpc) is 2.78. The van der Waals surface area contributed by atoms with Crippen LogP contribution in [0.15, 0.2) is 30.3 Å². The maximum atomic E-state index is 5.99. The number of para-hydroxylation sites is 1. The fourth-order valence-electron chi connectivity index (χ4n) is 2.08. The van der Waals surface area contributed by atoms with Crippen molar-refractivity contribution in [3.05, 3.63) is 50.7 Å². The minimum Gasteiger partial charge on any atom is -0.377 e. The van der Waals surface area contributed by atoms with Crippen LogP contribution < -0.4 is 5.32 Å². The quantitative estimate of drug-likeness (QED) is 0.785. The second-order valence-electron chi connectivity index (χ2n) is 4.47. The molecule has 3 heteroatoms. The molecular weight excluding hydrogens is 262 g/mol. The van der Waals surface area contributed by atoms with Gasteiger partial charge in [0.05, 0.1) is 10.4 Å². The molecule has 96 valence electrons. The first-order chi connectivity index (χ1) is 8.61. The Hall–Kier alpha value is -0.990. The maximum Gasteiger partial charge on any atom is 0.0932 e. The summed E-state index contributed by atoms with van der Waals surface area (Å²) in [6.07, 6.45) is 1.04. The van der Waals surface area contributed by atoms with E-state index in [1.54, 1.807) is 11.3 Å². The predicted molar refractivity (Wildman–Crippen MR) is 81.9 cm³/mol. The number of hydrogen-bond acceptors (Lipinski definition) is 2. The van der Waals surface area contributed by atoms with Crippen LogP contribution in [-0.2, 0) is 6.42 Å². The Morgan fingerprint density at radius 2 is 2.06 bits per heavy atom. The number of hydrogen-bond donors (Lipinski definition) is 1. The zero-order chi connectivity index (χ0) is 13.1. The zero-order valence-corrected chi connectivity index (χ0v) is 12.5. The van der Waals surface area contributed by atoms with Crippen molar-refractivity contribution in [2.45, 2.75) is 33.2 Å². The van der Waals surface area contributed by atoms with Crippen molar-refractivity contribution in [3.63, 3.8) is 0 Å². The summed E-state index contributed by atoms with van der Waals surface area (Å²) < 4.78 is 0.846. The van der Waals surface area contributed by atoms with E-state index in [1.807, 2.05) is 6.07 Å². The topological polar surface area (TPSA) is 12.0 Å². The van der Waals surface area contributed by atoms with Crippen LogP contribution >= 0.6 is 22.9 Å². The third-order valence-electron chi connectivity index (χ3n) is 3.12. The monoisotopic (exact) mass is 279 g/mol. The van der Waals surface area contributed by atoms with E-state index in [0.29, 0.717) is 0 Å². The van der Waals surface area contributed by atoms with Crippen LogP contribution in [0.5, 0.6) is 0 Å². The van der Waals surface area contributed by atoms with E-state index in [2.05, 4.69) is 50.4 Å². The van der Waals surface area contributed by atoms with Gasteiger partial charge < -0.3 is 5.32 Å². The summed E-state index contributed by atoms with van der Waals surface area (Å²) in [5, 5.41) is 3.61. The normalized spacial score (nSPS) is 12.4. The molecule has 0 amide bonds. The summed E-state index contributed by atoms with van der Waals surface area (Å²) in [7, 11) is 0. The number of nitrogens with one attached hydrogen (secondary N) is 1. The molecule has 1 heterocycles. The molecule has 1 aromatic carbocycles. The smallest absolute Gasteiger partial charge is 0.0932 e. The number of anilines is 1. The molecule has 0 aliphatic heterocycles. The highest BCUT2D eigenvalue weighted by Gasteiger charge is 2.11. The SMILES string of the molecule is CCc1cccc(C)c1NC(C)c1ccc(Cl)s1. The molecule has 2 aromatic rings. The molecule has 0 spiro atoms. The molecule has 0 saturated heterocycles. The third-order valence-corrected chi connectivity index (χ3v) is 4.54. The molecule has 1 nitrogen and oxygen atoms in total. The van der Waals surface area contributed by atoms with Crippen molar-refractivity contribution < 1.29 is 0 Å². The fraction of sp³-hybridized carbons (Fsp3) is 0.333. The van der Waals surface area contributed by atoms with Crippen molar-refractivity contribution >= 4 is 28.6 Å². The molecule has 2 rings (SSSR count). The summed E-state index contributed by atoms with van der Waals surface area (Å²) in [6, 6.07) is 10.8. The van der Waals surface area contributed by atoms with Gasteiger partial charge in [-0.1, -0.05) is 36.7 Å². The van der Waals surface area contributed by atoms with Gasteiger partial charge in [-0.05, 0) is 43.5 Å². The second-order valence-corrected chi connectivity index (χ2v) is 6.22. The van der Waals surface area contributed by atoms with Crippen molar-refractivity contribution in [3.8, 4) is 0 Å². The van der Waals surface area contributed by atoms with Gasteiger partial charge in [0, 0.05) is 10.6 Å². The highest BCUT2D eigenvalue weighted by atomic mass is 35.5. The van der Waals surface area contributed by atoms with Gasteiger partial charge in [0.2, 0.25) is 0 Å². The van der Waals surface area contributed by atoms with E-state index in [1.165, 1.54) is 21.7 Å². The number of thiophene rings is 1. The molecule has 0 saturated carbocycles. The Balaban J connectivity index is 2.23. The second kappa shape index (κ2) is 5.77. The molecule has 1 N–H and O–H groups in total. The van der Waals surface area contributed by atoms with Crippen molar-refractivity contribution in [1.82, 2.24) is 0 Å². The maximum absolute atomic E-state index is 5.99. The summed E-state index contributed by atoms with van der Waals surface area (Å²) in [6.45, 7) is 6.51. The van der Waals surface area contributed by atoms with Crippen LogP contribution in [0.25, 0.3) is 0 Å². The summed E-state index contributed by atoms with van der Waals surface area (Å²) in [4.78, 5) is 1.27. The van der Waals surface area contributed by atoms with Gasteiger partial charge in [-0.25, -0.2) is 0 Å². The van der Waals surface area contributed by atoms with Crippen LogP contribution in [0.1, 0.15) is 35.9 Å². The fourth-order valence-corrected chi connectivity index (χ4v) is 3.14. The van der Waals surface area contributed by atoms with E-state index in [4.69, 9.17) is 11.6 Å². The van der Waals surface area contributed by atoms with E-state index >= 15 is 0 Å². The Bertz CT molecular complexity index is 533. The van der Waals surface area contributed by atoms with Gasteiger partial charge in [-0.2, -0.15) is 0 Å². The van der Waals surface area contributed by atoms with Crippen molar-refractivity contribution in [2.75, 3.05) is 5.32 Å². The first kappa shape index (κ1) is 13.4.